The third-order valence-electron chi connectivity index (χ3n) is 6.67. The molecule has 10 heteroatoms. The van der Waals surface area contributed by atoms with Crippen molar-refractivity contribution in [3.63, 3.8) is 0 Å². The molecule has 1 fully saturated rings. The van der Waals surface area contributed by atoms with E-state index >= 15 is 0 Å². The number of ether oxygens (including phenoxy) is 1. The normalized spacial score (nSPS) is 15.1. The first-order valence-electron chi connectivity index (χ1n) is 12.5. The average molecular weight is 595 g/mol. The van der Waals surface area contributed by atoms with Gasteiger partial charge in [-0.15, -0.1) is 0 Å². The van der Waals surface area contributed by atoms with Gasteiger partial charge in [0.15, 0.2) is 0 Å². The van der Waals surface area contributed by atoms with Gasteiger partial charge in [0.2, 0.25) is 21.8 Å². The van der Waals surface area contributed by atoms with Crippen LogP contribution in [0, 0.1) is 6.92 Å². The molecule has 2 aromatic rings. The number of anilines is 1. The fraction of sp³-hybridized carbons (Fsp3) is 0.481. The van der Waals surface area contributed by atoms with Gasteiger partial charge in [-0.25, -0.2) is 8.42 Å². The van der Waals surface area contributed by atoms with Crippen molar-refractivity contribution in [3.05, 3.63) is 58.1 Å². The SMILES string of the molecule is COc1ccc(C)cc1N(CC(=O)N(Cc1ccc(Br)cc1)[C@H](C)C(=O)NC1CCCCC1)S(C)(=O)=O. The van der Waals surface area contributed by atoms with Gasteiger partial charge in [-0.3, -0.25) is 13.9 Å². The molecule has 0 spiro atoms. The fourth-order valence-corrected chi connectivity index (χ4v) is 5.64. The van der Waals surface area contributed by atoms with Crippen LogP contribution in [0.25, 0.3) is 0 Å². The maximum Gasteiger partial charge on any atom is 0.244 e. The minimum Gasteiger partial charge on any atom is -0.495 e. The smallest absolute Gasteiger partial charge is 0.244 e. The molecule has 1 atom stereocenters. The van der Waals surface area contributed by atoms with Crippen molar-refractivity contribution in [2.24, 2.45) is 0 Å². The quantitative estimate of drug-likeness (QED) is 0.440. The van der Waals surface area contributed by atoms with E-state index in [0.29, 0.717) is 5.75 Å². The van der Waals surface area contributed by atoms with Crippen LogP contribution in [0.15, 0.2) is 46.9 Å². The second kappa shape index (κ2) is 12.8. The number of hydrogen-bond acceptors (Lipinski definition) is 5. The molecule has 37 heavy (non-hydrogen) atoms. The molecule has 2 aromatic carbocycles. The number of carbonyl (C=O) groups excluding carboxylic acids is 2. The van der Waals surface area contributed by atoms with E-state index in [2.05, 4.69) is 21.2 Å². The van der Waals surface area contributed by atoms with E-state index in [4.69, 9.17) is 4.74 Å². The molecule has 1 aliphatic carbocycles. The van der Waals surface area contributed by atoms with Crippen molar-refractivity contribution in [2.75, 3.05) is 24.2 Å². The molecule has 1 saturated carbocycles. The molecule has 2 amide bonds. The molecule has 0 radical (unpaired) electrons. The van der Waals surface area contributed by atoms with Crippen molar-refractivity contribution < 1.29 is 22.7 Å². The predicted molar refractivity (Wildman–Crippen MR) is 149 cm³/mol. The zero-order valence-corrected chi connectivity index (χ0v) is 24.3. The Balaban J connectivity index is 1.91. The zero-order chi connectivity index (χ0) is 27.2. The molecular weight excluding hydrogens is 558 g/mol. The summed E-state index contributed by atoms with van der Waals surface area (Å²) in [7, 11) is -2.39. The number of rotatable bonds is 10. The number of benzene rings is 2. The second-order valence-electron chi connectivity index (χ2n) is 9.61. The van der Waals surface area contributed by atoms with E-state index in [9.17, 15) is 18.0 Å². The molecule has 0 saturated heterocycles. The standard InChI is InChI=1S/C27H36BrN3O5S/c1-19-10-15-25(36-3)24(16-19)31(37(4,34)35)18-26(32)30(17-21-11-13-22(28)14-12-21)20(2)27(33)29-23-8-6-5-7-9-23/h10-16,20,23H,5-9,17-18H2,1-4H3,(H,29,33)/t20-/m1/s1. The van der Waals surface area contributed by atoms with Crippen molar-refractivity contribution in [1.82, 2.24) is 10.2 Å². The topological polar surface area (TPSA) is 96.0 Å². The lowest BCUT2D eigenvalue weighted by Gasteiger charge is -2.33. The minimum absolute atomic E-state index is 0.0948. The third-order valence-corrected chi connectivity index (χ3v) is 8.32. The predicted octanol–water partition coefficient (Wildman–Crippen LogP) is 4.40. The van der Waals surface area contributed by atoms with E-state index in [1.807, 2.05) is 37.3 Å². The first-order valence-corrected chi connectivity index (χ1v) is 15.1. The first-order chi connectivity index (χ1) is 17.5. The average Bonchev–Trinajstić information content (AvgIpc) is 2.86. The highest BCUT2D eigenvalue weighted by molar-refractivity contribution is 9.10. The van der Waals surface area contributed by atoms with Crippen molar-refractivity contribution in [1.29, 1.82) is 0 Å². The number of nitrogens with one attached hydrogen (secondary N) is 1. The highest BCUT2D eigenvalue weighted by Crippen LogP contribution is 2.31. The number of sulfonamides is 1. The van der Waals surface area contributed by atoms with E-state index < -0.39 is 28.5 Å². The summed E-state index contributed by atoms with van der Waals surface area (Å²) in [5, 5.41) is 3.10. The Morgan fingerprint density at radius 2 is 1.76 bits per heavy atom. The van der Waals surface area contributed by atoms with Gasteiger partial charge in [-0.2, -0.15) is 0 Å². The van der Waals surface area contributed by atoms with Crippen LogP contribution in [-0.2, 0) is 26.2 Å². The van der Waals surface area contributed by atoms with E-state index in [0.717, 1.165) is 51.8 Å². The second-order valence-corrected chi connectivity index (χ2v) is 12.4. The van der Waals surface area contributed by atoms with Gasteiger partial charge >= 0.3 is 0 Å². The molecular formula is C27H36BrN3O5S. The molecule has 3 rings (SSSR count). The van der Waals surface area contributed by atoms with Crippen LogP contribution in [-0.4, -0.2) is 57.1 Å². The maximum absolute atomic E-state index is 13.8. The summed E-state index contributed by atoms with van der Waals surface area (Å²) in [4.78, 5) is 28.4. The highest BCUT2D eigenvalue weighted by Gasteiger charge is 2.32. The van der Waals surface area contributed by atoms with Crippen molar-refractivity contribution in [2.45, 2.75) is 64.6 Å². The van der Waals surface area contributed by atoms with Crippen LogP contribution in [0.2, 0.25) is 0 Å². The summed E-state index contributed by atoms with van der Waals surface area (Å²) >= 11 is 3.42. The van der Waals surface area contributed by atoms with Crippen LogP contribution in [0.3, 0.4) is 0 Å². The molecule has 0 heterocycles. The number of halogens is 1. The lowest BCUT2D eigenvalue weighted by atomic mass is 9.95. The maximum atomic E-state index is 13.8. The molecule has 0 aromatic heterocycles. The van der Waals surface area contributed by atoms with Crippen LogP contribution in [0.1, 0.15) is 50.2 Å². The van der Waals surface area contributed by atoms with Gasteiger partial charge in [0.05, 0.1) is 19.1 Å². The summed E-state index contributed by atoms with van der Waals surface area (Å²) in [6.45, 7) is 3.22. The van der Waals surface area contributed by atoms with Crippen LogP contribution >= 0.6 is 15.9 Å². The number of carbonyl (C=O) groups is 2. The zero-order valence-electron chi connectivity index (χ0n) is 21.9. The highest BCUT2D eigenvalue weighted by atomic mass is 79.9. The van der Waals surface area contributed by atoms with Crippen molar-refractivity contribution in [3.8, 4) is 5.75 Å². The number of methoxy groups -OCH3 is 1. The third kappa shape index (κ3) is 7.95. The summed E-state index contributed by atoms with van der Waals surface area (Å²) in [5.41, 5.74) is 1.93. The Labute approximate surface area is 228 Å². The molecule has 0 unspecified atom stereocenters. The van der Waals surface area contributed by atoms with Gasteiger partial charge in [-0.1, -0.05) is 53.4 Å². The monoisotopic (exact) mass is 593 g/mol. The summed E-state index contributed by atoms with van der Waals surface area (Å²) in [5.74, 6) is -0.383. The number of amides is 2. The molecule has 1 aliphatic rings. The lowest BCUT2D eigenvalue weighted by molar-refractivity contribution is -0.139. The molecule has 0 bridgehead atoms. The number of aryl methyl sites for hydroxylation is 1. The van der Waals surface area contributed by atoms with Crippen LogP contribution in [0.4, 0.5) is 5.69 Å². The Morgan fingerprint density at radius 1 is 1.11 bits per heavy atom. The van der Waals surface area contributed by atoms with E-state index in [-0.39, 0.29) is 24.2 Å². The number of nitrogens with zero attached hydrogens (tertiary/aromatic N) is 2. The molecule has 8 nitrogen and oxygen atoms in total. The largest absolute Gasteiger partial charge is 0.495 e. The Hall–Kier alpha value is -2.59. The van der Waals surface area contributed by atoms with Gasteiger partial charge < -0.3 is 15.0 Å². The van der Waals surface area contributed by atoms with Crippen molar-refractivity contribution >= 4 is 43.5 Å². The Kier molecular flexibility index (Phi) is 10.0. The van der Waals surface area contributed by atoms with Gasteiger partial charge in [-0.05, 0) is 62.1 Å². The summed E-state index contributed by atoms with van der Waals surface area (Å²) < 4.78 is 33.0. The molecule has 0 aliphatic heterocycles. The summed E-state index contributed by atoms with van der Waals surface area (Å²) in [6, 6.07) is 11.9. The summed E-state index contributed by atoms with van der Waals surface area (Å²) in [6.07, 6.45) is 6.22. The van der Waals surface area contributed by atoms with Crippen LogP contribution < -0.4 is 14.4 Å². The van der Waals surface area contributed by atoms with Gasteiger partial charge in [0.25, 0.3) is 0 Å². The number of hydrogen-bond donors (Lipinski definition) is 1. The van der Waals surface area contributed by atoms with Gasteiger partial charge in [0.1, 0.15) is 18.3 Å². The Morgan fingerprint density at radius 3 is 2.35 bits per heavy atom. The fourth-order valence-electron chi connectivity index (χ4n) is 4.53. The van der Waals surface area contributed by atoms with E-state index in [1.165, 1.54) is 18.4 Å². The van der Waals surface area contributed by atoms with Crippen LogP contribution in [0.5, 0.6) is 5.75 Å². The minimum atomic E-state index is -3.84. The Bertz CT molecular complexity index is 1200. The van der Waals surface area contributed by atoms with Gasteiger partial charge in [0, 0.05) is 17.1 Å². The molecule has 202 valence electrons. The molecule has 1 N–H and O–H groups in total. The van der Waals surface area contributed by atoms with E-state index in [1.54, 1.807) is 19.1 Å². The lowest BCUT2D eigenvalue weighted by Crippen LogP contribution is -2.53. The first kappa shape index (κ1) is 29.0.